The molecule has 1 unspecified atom stereocenters. The lowest BCUT2D eigenvalue weighted by atomic mass is 10.1. The molecule has 0 aromatic heterocycles. The zero-order valence-electron chi connectivity index (χ0n) is 10.4. The second-order valence-electron chi connectivity index (χ2n) is 4.46. The molecule has 2 rings (SSSR count). The minimum Gasteiger partial charge on any atom is -0.366 e. The summed E-state index contributed by atoms with van der Waals surface area (Å²) in [7, 11) is 0. The van der Waals surface area contributed by atoms with Gasteiger partial charge in [-0.25, -0.2) is 0 Å². The van der Waals surface area contributed by atoms with E-state index < -0.39 is 5.91 Å². The van der Waals surface area contributed by atoms with Gasteiger partial charge in [-0.3, -0.25) is 4.79 Å². The van der Waals surface area contributed by atoms with Crippen LogP contribution in [0.2, 0.25) is 5.02 Å². The molecule has 1 heterocycles. The van der Waals surface area contributed by atoms with Gasteiger partial charge in [0.25, 0.3) is 0 Å². The van der Waals surface area contributed by atoms with Gasteiger partial charge in [0.05, 0.1) is 10.7 Å². The van der Waals surface area contributed by atoms with E-state index in [0.717, 1.165) is 31.7 Å². The molecule has 1 aliphatic heterocycles. The number of carbonyl (C=O) groups excluding carboxylic acids is 1. The third-order valence-electron chi connectivity index (χ3n) is 3.36. The quantitative estimate of drug-likeness (QED) is 0.872. The minimum absolute atomic E-state index is 0.448. The van der Waals surface area contributed by atoms with E-state index in [2.05, 4.69) is 17.1 Å². The number of hydrogen-bond donors (Lipinski definition) is 2. The topological polar surface area (TPSA) is 58.4 Å². The first-order valence-corrected chi connectivity index (χ1v) is 6.58. The van der Waals surface area contributed by atoms with Crippen molar-refractivity contribution in [1.29, 1.82) is 0 Å². The first-order chi connectivity index (χ1) is 8.63. The van der Waals surface area contributed by atoms with Gasteiger partial charge in [0.1, 0.15) is 0 Å². The molecule has 1 fully saturated rings. The average Bonchev–Trinajstić information content (AvgIpc) is 2.85. The van der Waals surface area contributed by atoms with Crippen LogP contribution in [0, 0.1) is 0 Å². The molecule has 0 spiro atoms. The normalized spacial score (nSPS) is 18.9. The molecule has 1 aliphatic rings. The fourth-order valence-corrected chi connectivity index (χ4v) is 2.71. The average molecular weight is 268 g/mol. The highest BCUT2D eigenvalue weighted by Gasteiger charge is 2.23. The Kier molecular flexibility index (Phi) is 4.09. The number of benzene rings is 1. The highest BCUT2D eigenvalue weighted by molar-refractivity contribution is 6.33. The first-order valence-electron chi connectivity index (χ1n) is 6.20. The van der Waals surface area contributed by atoms with Gasteiger partial charge in [0.2, 0.25) is 5.91 Å². The Morgan fingerprint density at radius 3 is 2.89 bits per heavy atom. The Morgan fingerprint density at radius 2 is 2.39 bits per heavy atom. The van der Waals surface area contributed by atoms with Gasteiger partial charge >= 0.3 is 0 Å². The van der Waals surface area contributed by atoms with Crippen LogP contribution in [-0.2, 0) is 0 Å². The molecule has 0 aliphatic carbocycles. The van der Waals surface area contributed by atoms with Crippen molar-refractivity contribution in [3.8, 4) is 0 Å². The van der Waals surface area contributed by atoms with E-state index in [9.17, 15) is 4.79 Å². The molecular formula is C13H18ClN3O. The number of nitrogens with zero attached hydrogens (tertiary/aromatic N) is 1. The summed E-state index contributed by atoms with van der Waals surface area (Å²) in [5.41, 5.74) is 6.66. The van der Waals surface area contributed by atoms with Crippen LogP contribution in [0.1, 0.15) is 23.7 Å². The highest BCUT2D eigenvalue weighted by atomic mass is 35.5. The minimum atomic E-state index is -0.450. The van der Waals surface area contributed by atoms with Gasteiger partial charge in [-0.1, -0.05) is 11.6 Å². The Hall–Kier alpha value is -1.26. The summed E-state index contributed by atoms with van der Waals surface area (Å²) in [6, 6.07) is 5.72. The van der Waals surface area contributed by atoms with Gasteiger partial charge in [0.15, 0.2) is 0 Å². The first kappa shape index (κ1) is 13.2. The van der Waals surface area contributed by atoms with E-state index in [1.807, 2.05) is 6.07 Å². The summed E-state index contributed by atoms with van der Waals surface area (Å²) >= 11 is 6.26. The van der Waals surface area contributed by atoms with Crippen LogP contribution >= 0.6 is 11.6 Å². The molecule has 1 atom stereocenters. The van der Waals surface area contributed by atoms with Gasteiger partial charge in [-0.2, -0.15) is 0 Å². The number of carbonyl (C=O) groups is 1. The third kappa shape index (κ3) is 2.60. The summed E-state index contributed by atoms with van der Waals surface area (Å²) in [5, 5.41) is 3.93. The Morgan fingerprint density at radius 1 is 1.61 bits per heavy atom. The Labute approximate surface area is 112 Å². The van der Waals surface area contributed by atoms with Crippen LogP contribution in [0.15, 0.2) is 18.2 Å². The molecule has 1 aromatic rings. The number of primary amides is 1. The molecule has 1 amide bonds. The maximum Gasteiger partial charge on any atom is 0.248 e. The molecule has 0 bridgehead atoms. The smallest absolute Gasteiger partial charge is 0.248 e. The third-order valence-corrected chi connectivity index (χ3v) is 3.66. The van der Waals surface area contributed by atoms with Crippen molar-refractivity contribution in [2.75, 3.05) is 24.5 Å². The van der Waals surface area contributed by atoms with Crippen molar-refractivity contribution >= 4 is 23.2 Å². The lowest BCUT2D eigenvalue weighted by Crippen LogP contribution is -2.37. The number of halogens is 1. The lowest BCUT2D eigenvalue weighted by Gasteiger charge is -2.30. The standard InChI is InChI=1S/C13H18ClN3O/c1-2-17(10-5-6-16-8-10)12-4-3-9(13(15)18)7-11(12)14/h3-4,7,10,16H,2,5-6,8H2,1H3,(H2,15,18). The van der Waals surface area contributed by atoms with Gasteiger partial charge < -0.3 is 16.0 Å². The Bertz CT molecular complexity index is 444. The molecule has 1 saturated heterocycles. The van der Waals surface area contributed by atoms with Crippen molar-refractivity contribution in [1.82, 2.24) is 5.32 Å². The van der Waals surface area contributed by atoms with Gasteiger partial charge in [0, 0.05) is 24.7 Å². The van der Waals surface area contributed by atoms with E-state index in [1.54, 1.807) is 12.1 Å². The number of nitrogens with one attached hydrogen (secondary N) is 1. The van der Waals surface area contributed by atoms with Crippen LogP contribution < -0.4 is 16.0 Å². The van der Waals surface area contributed by atoms with Crippen molar-refractivity contribution in [3.63, 3.8) is 0 Å². The van der Waals surface area contributed by atoms with Crippen molar-refractivity contribution in [2.45, 2.75) is 19.4 Å². The van der Waals surface area contributed by atoms with E-state index in [0.29, 0.717) is 16.6 Å². The zero-order valence-corrected chi connectivity index (χ0v) is 11.2. The number of amides is 1. The van der Waals surface area contributed by atoms with Crippen molar-refractivity contribution in [2.24, 2.45) is 5.73 Å². The Balaban J connectivity index is 2.27. The van der Waals surface area contributed by atoms with Gasteiger partial charge in [-0.15, -0.1) is 0 Å². The second-order valence-corrected chi connectivity index (χ2v) is 4.87. The number of likely N-dealkylation sites (N-methyl/N-ethyl adjacent to an activating group) is 1. The summed E-state index contributed by atoms with van der Waals surface area (Å²) in [4.78, 5) is 13.4. The molecule has 0 radical (unpaired) electrons. The largest absolute Gasteiger partial charge is 0.366 e. The maximum absolute atomic E-state index is 11.1. The molecule has 4 nitrogen and oxygen atoms in total. The predicted molar refractivity (Wildman–Crippen MR) is 74.3 cm³/mol. The van der Waals surface area contributed by atoms with Crippen LogP contribution in [0.5, 0.6) is 0 Å². The fourth-order valence-electron chi connectivity index (χ4n) is 2.42. The summed E-state index contributed by atoms with van der Waals surface area (Å²) in [6.45, 7) is 5.01. The summed E-state index contributed by atoms with van der Waals surface area (Å²) in [6.07, 6.45) is 1.11. The predicted octanol–water partition coefficient (Wildman–Crippen LogP) is 1.63. The van der Waals surface area contributed by atoms with E-state index in [1.165, 1.54) is 0 Å². The molecule has 98 valence electrons. The highest BCUT2D eigenvalue weighted by Crippen LogP contribution is 2.29. The van der Waals surface area contributed by atoms with Crippen LogP contribution in [0.25, 0.3) is 0 Å². The number of rotatable bonds is 4. The van der Waals surface area contributed by atoms with Crippen LogP contribution in [0.3, 0.4) is 0 Å². The van der Waals surface area contributed by atoms with E-state index in [-0.39, 0.29) is 0 Å². The number of anilines is 1. The molecule has 0 saturated carbocycles. The summed E-state index contributed by atoms with van der Waals surface area (Å²) < 4.78 is 0. The van der Waals surface area contributed by atoms with Gasteiger partial charge in [-0.05, 0) is 38.1 Å². The van der Waals surface area contributed by atoms with E-state index in [4.69, 9.17) is 17.3 Å². The molecular weight excluding hydrogens is 250 g/mol. The molecule has 1 aromatic carbocycles. The molecule has 5 heteroatoms. The summed E-state index contributed by atoms with van der Waals surface area (Å²) in [5.74, 6) is -0.450. The molecule has 3 N–H and O–H groups in total. The monoisotopic (exact) mass is 267 g/mol. The van der Waals surface area contributed by atoms with Crippen LogP contribution in [-0.4, -0.2) is 31.6 Å². The molecule has 18 heavy (non-hydrogen) atoms. The fraction of sp³-hybridized carbons (Fsp3) is 0.462. The van der Waals surface area contributed by atoms with Crippen LogP contribution in [0.4, 0.5) is 5.69 Å². The maximum atomic E-state index is 11.1. The lowest BCUT2D eigenvalue weighted by molar-refractivity contribution is 0.100. The zero-order chi connectivity index (χ0) is 13.1. The van der Waals surface area contributed by atoms with E-state index >= 15 is 0 Å². The number of hydrogen-bond acceptors (Lipinski definition) is 3. The van der Waals surface area contributed by atoms with Crippen molar-refractivity contribution < 1.29 is 4.79 Å². The second kappa shape index (κ2) is 5.59. The SMILES string of the molecule is CCN(c1ccc(C(N)=O)cc1Cl)C1CCNC1. The van der Waals surface area contributed by atoms with Crippen molar-refractivity contribution in [3.05, 3.63) is 28.8 Å². The number of nitrogens with two attached hydrogens (primary N) is 1.